The van der Waals surface area contributed by atoms with Crippen LogP contribution in [-0.4, -0.2) is 21.3 Å². The van der Waals surface area contributed by atoms with Crippen molar-refractivity contribution in [2.75, 3.05) is 0 Å². The number of carboxylic acid groups (broad SMARTS) is 1. The van der Waals surface area contributed by atoms with E-state index in [-0.39, 0.29) is 11.2 Å². The van der Waals surface area contributed by atoms with Crippen LogP contribution >= 0.6 is 0 Å². The first-order valence-electron chi connectivity index (χ1n) is 4.22. The average molecular weight is 209 g/mol. The fourth-order valence-electron chi connectivity index (χ4n) is 1.38. The Labute approximate surface area is 83.7 Å². The zero-order valence-electron chi connectivity index (χ0n) is 7.57. The van der Waals surface area contributed by atoms with Gasteiger partial charge in [0.05, 0.1) is 5.69 Å². The van der Waals surface area contributed by atoms with Crippen LogP contribution in [0, 0.1) is 5.82 Å². The first-order valence-corrected chi connectivity index (χ1v) is 4.22. The Kier molecular flexibility index (Phi) is 2.12. The molecular formula is C9H8FN3O2. The quantitative estimate of drug-likeness (QED) is 0.681. The summed E-state index contributed by atoms with van der Waals surface area (Å²) in [4.78, 5) is 10.7. The number of fused-ring (bicyclic) bond motifs is 1. The summed E-state index contributed by atoms with van der Waals surface area (Å²) < 4.78 is 13.2. The van der Waals surface area contributed by atoms with Gasteiger partial charge >= 0.3 is 5.97 Å². The van der Waals surface area contributed by atoms with Crippen LogP contribution < -0.4 is 5.73 Å². The molecular weight excluding hydrogens is 201 g/mol. The Hall–Kier alpha value is -1.95. The largest absolute Gasteiger partial charge is 0.480 e. The third-order valence-corrected chi connectivity index (χ3v) is 2.14. The summed E-state index contributed by atoms with van der Waals surface area (Å²) in [5.41, 5.74) is 5.71. The Morgan fingerprint density at radius 2 is 2.33 bits per heavy atom. The fraction of sp³-hybridized carbons (Fsp3) is 0.111. The lowest BCUT2D eigenvalue weighted by atomic mass is 10.1. The predicted octanol–water partition coefficient (Wildman–Crippen LogP) is 0.786. The second-order valence-electron chi connectivity index (χ2n) is 3.09. The third-order valence-electron chi connectivity index (χ3n) is 2.14. The highest BCUT2D eigenvalue weighted by Gasteiger charge is 2.20. The van der Waals surface area contributed by atoms with E-state index in [0.717, 1.165) is 0 Å². The van der Waals surface area contributed by atoms with E-state index in [1.165, 1.54) is 12.1 Å². The highest BCUT2D eigenvalue weighted by molar-refractivity contribution is 5.87. The van der Waals surface area contributed by atoms with Crippen LogP contribution in [0.1, 0.15) is 11.7 Å². The minimum Gasteiger partial charge on any atom is -0.480 e. The van der Waals surface area contributed by atoms with Gasteiger partial charge in [-0.25, -0.2) is 4.39 Å². The van der Waals surface area contributed by atoms with Crippen LogP contribution in [0.3, 0.4) is 0 Å². The molecule has 0 radical (unpaired) electrons. The van der Waals surface area contributed by atoms with E-state index in [1.54, 1.807) is 6.07 Å². The summed E-state index contributed by atoms with van der Waals surface area (Å²) in [5, 5.41) is 15.2. The van der Waals surface area contributed by atoms with Gasteiger partial charge in [-0.15, -0.1) is 0 Å². The van der Waals surface area contributed by atoms with Gasteiger partial charge in [0.25, 0.3) is 0 Å². The Morgan fingerprint density at radius 1 is 1.60 bits per heavy atom. The number of carboxylic acids is 1. The molecule has 1 aromatic heterocycles. The van der Waals surface area contributed by atoms with Crippen molar-refractivity contribution in [2.24, 2.45) is 5.73 Å². The van der Waals surface area contributed by atoms with Gasteiger partial charge in [-0.2, -0.15) is 5.10 Å². The number of nitrogens with one attached hydrogen (secondary N) is 1. The van der Waals surface area contributed by atoms with Gasteiger partial charge in [-0.3, -0.25) is 9.89 Å². The molecule has 1 unspecified atom stereocenters. The molecule has 0 aliphatic heterocycles. The summed E-state index contributed by atoms with van der Waals surface area (Å²) in [6, 6.07) is 3.07. The van der Waals surface area contributed by atoms with Crippen LogP contribution in [0.25, 0.3) is 10.9 Å². The van der Waals surface area contributed by atoms with E-state index in [9.17, 15) is 9.18 Å². The molecule has 2 rings (SSSR count). The number of nitrogens with zero attached hydrogens (tertiary/aromatic N) is 1. The van der Waals surface area contributed by atoms with Crippen molar-refractivity contribution in [3.8, 4) is 0 Å². The standard InChI is InChI=1S/C9H8FN3O2/c10-5-3-1-2-4-7(5)12-13-8(4)6(11)9(14)15/h1-3,6H,11H2,(H,12,13)(H,14,15). The highest BCUT2D eigenvalue weighted by Crippen LogP contribution is 2.22. The molecule has 4 N–H and O–H groups in total. The topological polar surface area (TPSA) is 92.0 Å². The maximum Gasteiger partial charge on any atom is 0.326 e. The molecule has 0 spiro atoms. The van der Waals surface area contributed by atoms with Gasteiger partial charge in [0, 0.05) is 5.39 Å². The average Bonchev–Trinajstić information content (AvgIpc) is 2.61. The minimum atomic E-state index is -1.23. The van der Waals surface area contributed by atoms with E-state index in [1.807, 2.05) is 0 Å². The van der Waals surface area contributed by atoms with Crippen LogP contribution in [0.2, 0.25) is 0 Å². The molecule has 0 fully saturated rings. The molecule has 0 aliphatic rings. The fourth-order valence-corrected chi connectivity index (χ4v) is 1.38. The summed E-state index contributed by atoms with van der Waals surface area (Å²) in [7, 11) is 0. The number of carbonyl (C=O) groups is 1. The Balaban J connectivity index is 2.64. The van der Waals surface area contributed by atoms with E-state index < -0.39 is 17.8 Å². The van der Waals surface area contributed by atoms with E-state index >= 15 is 0 Å². The van der Waals surface area contributed by atoms with Crippen molar-refractivity contribution in [2.45, 2.75) is 6.04 Å². The Morgan fingerprint density at radius 3 is 3.00 bits per heavy atom. The summed E-state index contributed by atoms with van der Waals surface area (Å²) >= 11 is 0. The van der Waals surface area contributed by atoms with E-state index in [4.69, 9.17) is 10.8 Å². The first-order chi connectivity index (χ1) is 7.11. The molecule has 0 saturated heterocycles. The Bertz CT molecular complexity index is 523. The molecule has 15 heavy (non-hydrogen) atoms. The molecule has 0 bridgehead atoms. The summed E-state index contributed by atoms with van der Waals surface area (Å²) in [6.45, 7) is 0. The molecule has 2 aromatic rings. The zero-order valence-corrected chi connectivity index (χ0v) is 7.57. The molecule has 78 valence electrons. The van der Waals surface area contributed by atoms with Gasteiger partial charge in [-0.05, 0) is 6.07 Å². The maximum atomic E-state index is 13.2. The first kappa shape index (κ1) is 9.60. The number of H-pyrrole nitrogens is 1. The van der Waals surface area contributed by atoms with Crippen LogP contribution in [0.5, 0.6) is 0 Å². The molecule has 0 saturated carbocycles. The number of aromatic amines is 1. The molecule has 0 aliphatic carbocycles. The van der Waals surface area contributed by atoms with E-state index in [0.29, 0.717) is 5.39 Å². The minimum absolute atomic E-state index is 0.101. The maximum absolute atomic E-state index is 13.2. The third kappa shape index (κ3) is 1.44. The zero-order chi connectivity index (χ0) is 11.0. The number of para-hydroxylation sites is 1. The summed E-state index contributed by atoms with van der Waals surface area (Å²) in [5.74, 6) is -1.70. The number of nitrogens with two attached hydrogens (primary N) is 1. The number of hydrogen-bond donors (Lipinski definition) is 3. The molecule has 6 heteroatoms. The normalized spacial score (nSPS) is 12.9. The lowest BCUT2D eigenvalue weighted by Crippen LogP contribution is -2.21. The molecule has 1 heterocycles. The van der Waals surface area contributed by atoms with Crippen molar-refractivity contribution in [3.63, 3.8) is 0 Å². The van der Waals surface area contributed by atoms with Crippen LogP contribution in [0.15, 0.2) is 18.2 Å². The van der Waals surface area contributed by atoms with E-state index in [2.05, 4.69) is 10.2 Å². The molecule has 1 aromatic carbocycles. The van der Waals surface area contributed by atoms with Crippen molar-refractivity contribution in [3.05, 3.63) is 29.7 Å². The van der Waals surface area contributed by atoms with Gasteiger partial charge in [0.1, 0.15) is 11.6 Å². The number of aliphatic carboxylic acids is 1. The number of rotatable bonds is 2. The lowest BCUT2D eigenvalue weighted by molar-refractivity contribution is -0.138. The van der Waals surface area contributed by atoms with Gasteiger partial charge < -0.3 is 10.8 Å². The van der Waals surface area contributed by atoms with Crippen LogP contribution in [-0.2, 0) is 4.79 Å². The second kappa shape index (κ2) is 3.32. The van der Waals surface area contributed by atoms with Crippen molar-refractivity contribution >= 4 is 16.9 Å². The SMILES string of the molecule is NC(C(=O)O)c1[nH]nc2c(F)cccc12. The number of halogens is 1. The lowest BCUT2D eigenvalue weighted by Gasteiger charge is -2.02. The van der Waals surface area contributed by atoms with Gasteiger partial charge in [-0.1, -0.05) is 12.1 Å². The van der Waals surface area contributed by atoms with Crippen molar-refractivity contribution < 1.29 is 14.3 Å². The van der Waals surface area contributed by atoms with Gasteiger partial charge in [0.15, 0.2) is 5.82 Å². The second-order valence-corrected chi connectivity index (χ2v) is 3.09. The molecule has 5 nitrogen and oxygen atoms in total. The number of benzene rings is 1. The van der Waals surface area contributed by atoms with Gasteiger partial charge in [0.2, 0.25) is 0 Å². The van der Waals surface area contributed by atoms with Crippen LogP contribution in [0.4, 0.5) is 4.39 Å². The van der Waals surface area contributed by atoms with Crippen molar-refractivity contribution in [1.29, 1.82) is 0 Å². The smallest absolute Gasteiger partial charge is 0.326 e. The number of hydrogen-bond acceptors (Lipinski definition) is 3. The predicted molar refractivity (Wildman–Crippen MR) is 50.6 cm³/mol. The summed E-state index contributed by atoms with van der Waals surface area (Å²) in [6.07, 6.45) is 0. The van der Waals surface area contributed by atoms with Crippen molar-refractivity contribution in [1.82, 2.24) is 10.2 Å². The monoisotopic (exact) mass is 209 g/mol. The highest BCUT2D eigenvalue weighted by atomic mass is 19.1. The number of aromatic nitrogens is 2. The molecule has 1 atom stereocenters. The molecule has 0 amide bonds.